The third-order valence-corrected chi connectivity index (χ3v) is 1.84. The zero-order valence-corrected chi connectivity index (χ0v) is 7.35. The van der Waals surface area contributed by atoms with Crippen molar-refractivity contribution < 1.29 is 13.2 Å². The van der Waals surface area contributed by atoms with Crippen LogP contribution in [0.1, 0.15) is 5.82 Å². The van der Waals surface area contributed by atoms with Crippen molar-refractivity contribution in [3.8, 4) is 0 Å². The van der Waals surface area contributed by atoms with E-state index in [2.05, 4.69) is 15.0 Å². The fourth-order valence-electron chi connectivity index (χ4n) is 1.27. The quantitative estimate of drug-likeness (QED) is 0.757. The molecule has 0 spiro atoms. The number of alkyl halides is 3. The van der Waals surface area contributed by atoms with Gasteiger partial charge in [-0.25, -0.2) is 4.98 Å². The van der Waals surface area contributed by atoms with Crippen LogP contribution in [0.25, 0.3) is 11.0 Å². The summed E-state index contributed by atoms with van der Waals surface area (Å²) in [6.45, 7) is 0. The number of nitrogens with zero attached hydrogens (tertiary/aromatic N) is 1. The molecule has 0 saturated carbocycles. The number of fused-ring (bicyclic) bond motifs is 1. The van der Waals surface area contributed by atoms with E-state index in [1.165, 1.54) is 12.3 Å². The minimum absolute atomic E-state index is 0.165. The van der Waals surface area contributed by atoms with Gasteiger partial charge in [-0.2, -0.15) is 13.2 Å². The Kier molecular flexibility index (Phi) is 2.02. The zero-order valence-electron chi connectivity index (χ0n) is 7.35. The first kappa shape index (κ1) is 9.75. The molecule has 2 aromatic heterocycles. The van der Waals surface area contributed by atoms with E-state index in [0.29, 0.717) is 0 Å². The Morgan fingerprint density at radius 3 is 2.80 bits per heavy atom. The molecule has 0 aliphatic rings. The van der Waals surface area contributed by atoms with Crippen molar-refractivity contribution in [2.45, 2.75) is 12.6 Å². The van der Waals surface area contributed by atoms with Crippen LogP contribution < -0.4 is 5.56 Å². The molecule has 7 heteroatoms. The van der Waals surface area contributed by atoms with Gasteiger partial charge in [-0.3, -0.25) is 4.79 Å². The van der Waals surface area contributed by atoms with E-state index in [1.807, 2.05) is 0 Å². The number of halogens is 3. The summed E-state index contributed by atoms with van der Waals surface area (Å²) in [5, 5.41) is 0.251. The van der Waals surface area contributed by atoms with Gasteiger partial charge in [0, 0.05) is 6.20 Å². The summed E-state index contributed by atoms with van der Waals surface area (Å²) < 4.78 is 36.1. The lowest BCUT2D eigenvalue weighted by Gasteiger charge is -2.04. The van der Waals surface area contributed by atoms with Crippen LogP contribution in [0.3, 0.4) is 0 Å². The van der Waals surface area contributed by atoms with E-state index in [1.54, 1.807) is 0 Å². The van der Waals surface area contributed by atoms with Crippen molar-refractivity contribution >= 4 is 11.0 Å². The Labute approximate surface area is 81.1 Å². The number of rotatable bonds is 1. The largest absolute Gasteiger partial charge is 0.396 e. The molecule has 15 heavy (non-hydrogen) atoms. The molecule has 0 fully saturated rings. The molecule has 2 aromatic rings. The van der Waals surface area contributed by atoms with Crippen LogP contribution in [0.2, 0.25) is 0 Å². The Bertz CT molecular complexity index is 540. The van der Waals surface area contributed by atoms with E-state index in [4.69, 9.17) is 0 Å². The maximum atomic E-state index is 12.0. The molecule has 2 N–H and O–H groups in total. The van der Waals surface area contributed by atoms with E-state index in [0.717, 1.165) is 0 Å². The SMILES string of the molecule is O=c1[nH]c(CC(F)(F)F)nc2[nH]ccc12. The van der Waals surface area contributed by atoms with Crippen LogP contribution >= 0.6 is 0 Å². The second-order valence-electron chi connectivity index (χ2n) is 3.04. The summed E-state index contributed by atoms with van der Waals surface area (Å²) in [5.74, 6) is -0.387. The average molecular weight is 217 g/mol. The van der Waals surface area contributed by atoms with E-state index < -0.39 is 18.2 Å². The maximum Gasteiger partial charge on any atom is 0.396 e. The molecule has 0 unspecified atom stereocenters. The molecule has 80 valence electrons. The number of aromatic nitrogens is 3. The summed E-state index contributed by atoms with van der Waals surface area (Å²) >= 11 is 0. The summed E-state index contributed by atoms with van der Waals surface area (Å²) in [6.07, 6.45) is -4.17. The summed E-state index contributed by atoms with van der Waals surface area (Å²) in [7, 11) is 0. The molecule has 2 heterocycles. The van der Waals surface area contributed by atoms with Gasteiger partial charge >= 0.3 is 6.18 Å². The predicted molar refractivity (Wildman–Crippen MR) is 46.5 cm³/mol. The number of H-pyrrole nitrogens is 2. The van der Waals surface area contributed by atoms with Crippen molar-refractivity contribution in [2.75, 3.05) is 0 Å². The molecule has 0 aliphatic heterocycles. The summed E-state index contributed by atoms with van der Waals surface area (Å²) in [5.41, 5.74) is -0.404. The van der Waals surface area contributed by atoms with Crippen molar-refractivity contribution in [1.82, 2.24) is 15.0 Å². The highest BCUT2D eigenvalue weighted by molar-refractivity contribution is 5.73. The Morgan fingerprint density at radius 1 is 1.40 bits per heavy atom. The highest BCUT2D eigenvalue weighted by Crippen LogP contribution is 2.19. The normalized spacial score (nSPS) is 12.2. The van der Waals surface area contributed by atoms with Crippen molar-refractivity contribution in [2.24, 2.45) is 0 Å². The first-order valence-corrected chi connectivity index (χ1v) is 4.09. The molecule has 0 amide bonds. The predicted octanol–water partition coefficient (Wildman–Crippen LogP) is 1.36. The minimum atomic E-state index is -4.38. The van der Waals surface area contributed by atoms with Crippen LogP contribution in [0, 0.1) is 0 Å². The molecule has 0 radical (unpaired) electrons. The smallest absolute Gasteiger partial charge is 0.346 e. The molecule has 2 rings (SSSR count). The standard InChI is InChI=1S/C8H6F3N3O/c9-8(10,11)3-5-13-6-4(1-2-12-6)7(15)14-5/h1-2H,3H2,(H2,12,13,14,15). The van der Waals surface area contributed by atoms with E-state index in [-0.39, 0.29) is 16.9 Å². The maximum absolute atomic E-state index is 12.0. The number of hydrogen-bond donors (Lipinski definition) is 2. The summed E-state index contributed by atoms with van der Waals surface area (Å²) in [6, 6.07) is 1.46. The Hall–Kier alpha value is -1.79. The van der Waals surface area contributed by atoms with E-state index in [9.17, 15) is 18.0 Å². The molecule has 0 aromatic carbocycles. The van der Waals surface area contributed by atoms with Gasteiger partial charge in [0.15, 0.2) is 0 Å². The molecule has 0 saturated heterocycles. The minimum Gasteiger partial charge on any atom is -0.346 e. The third-order valence-electron chi connectivity index (χ3n) is 1.84. The second kappa shape index (κ2) is 3.11. The first-order valence-electron chi connectivity index (χ1n) is 4.09. The monoisotopic (exact) mass is 217 g/mol. The number of nitrogens with one attached hydrogen (secondary N) is 2. The van der Waals surface area contributed by atoms with Gasteiger partial charge in [0.1, 0.15) is 17.9 Å². The van der Waals surface area contributed by atoms with Gasteiger partial charge in [0.05, 0.1) is 5.39 Å². The van der Waals surface area contributed by atoms with E-state index >= 15 is 0 Å². The van der Waals surface area contributed by atoms with Crippen LogP contribution in [-0.2, 0) is 6.42 Å². The zero-order chi connectivity index (χ0) is 11.1. The fraction of sp³-hybridized carbons (Fsp3) is 0.250. The van der Waals surface area contributed by atoms with Gasteiger partial charge in [0.2, 0.25) is 0 Å². The van der Waals surface area contributed by atoms with Crippen LogP contribution in [0.4, 0.5) is 13.2 Å². The highest BCUT2D eigenvalue weighted by atomic mass is 19.4. The van der Waals surface area contributed by atoms with Crippen molar-refractivity contribution in [3.63, 3.8) is 0 Å². The molecular weight excluding hydrogens is 211 g/mol. The fourth-order valence-corrected chi connectivity index (χ4v) is 1.27. The van der Waals surface area contributed by atoms with Gasteiger partial charge < -0.3 is 9.97 Å². The number of aromatic amines is 2. The van der Waals surface area contributed by atoms with Gasteiger partial charge in [-0.1, -0.05) is 0 Å². The van der Waals surface area contributed by atoms with Crippen LogP contribution in [-0.4, -0.2) is 21.1 Å². The van der Waals surface area contributed by atoms with Gasteiger partial charge in [-0.05, 0) is 6.07 Å². The lowest BCUT2D eigenvalue weighted by Crippen LogP contribution is -2.18. The molecular formula is C8H6F3N3O. The van der Waals surface area contributed by atoms with Crippen LogP contribution in [0.15, 0.2) is 17.1 Å². The molecule has 0 bridgehead atoms. The topological polar surface area (TPSA) is 61.5 Å². The van der Waals surface area contributed by atoms with Crippen molar-refractivity contribution in [3.05, 3.63) is 28.4 Å². The molecule has 0 aliphatic carbocycles. The Morgan fingerprint density at radius 2 is 2.13 bits per heavy atom. The Balaban J connectivity index is 2.50. The first-order chi connectivity index (χ1) is 6.96. The molecule has 0 atom stereocenters. The van der Waals surface area contributed by atoms with Gasteiger partial charge in [0.25, 0.3) is 5.56 Å². The number of hydrogen-bond acceptors (Lipinski definition) is 2. The van der Waals surface area contributed by atoms with Crippen LogP contribution in [0.5, 0.6) is 0 Å². The highest BCUT2D eigenvalue weighted by Gasteiger charge is 2.29. The average Bonchev–Trinajstić information content (AvgIpc) is 2.48. The lowest BCUT2D eigenvalue weighted by molar-refractivity contribution is -0.128. The third kappa shape index (κ3) is 2.00. The van der Waals surface area contributed by atoms with Gasteiger partial charge in [-0.15, -0.1) is 0 Å². The second-order valence-corrected chi connectivity index (χ2v) is 3.04. The van der Waals surface area contributed by atoms with Crippen molar-refractivity contribution in [1.29, 1.82) is 0 Å². The lowest BCUT2D eigenvalue weighted by atomic mass is 10.3. The molecule has 4 nitrogen and oxygen atoms in total. The summed E-state index contributed by atoms with van der Waals surface area (Å²) in [4.78, 5) is 19.6.